The zero-order valence-corrected chi connectivity index (χ0v) is 12.0. The Hall–Kier alpha value is -1.55. The summed E-state index contributed by atoms with van der Waals surface area (Å²) < 4.78 is 0. The van der Waals surface area contributed by atoms with Gasteiger partial charge in [-0.15, -0.1) is 0 Å². The van der Waals surface area contributed by atoms with Gasteiger partial charge in [-0.1, -0.05) is 51.1 Å². The first kappa shape index (κ1) is 15.5. The van der Waals surface area contributed by atoms with Gasteiger partial charge < -0.3 is 15.5 Å². The monoisotopic (exact) mass is 265 g/mol. The number of amides is 1. The van der Waals surface area contributed by atoms with Crippen molar-refractivity contribution < 1.29 is 15.0 Å². The van der Waals surface area contributed by atoms with Crippen molar-refractivity contribution in [1.29, 1.82) is 0 Å². The Bertz CT molecular complexity index is 423. The second kappa shape index (κ2) is 5.61. The quantitative estimate of drug-likeness (QED) is 0.784. The molecule has 1 aromatic carbocycles. The predicted octanol–water partition coefficient (Wildman–Crippen LogP) is 2.66. The van der Waals surface area contributed by atoms with E-state index in [0.29, 0.717) is 6.42 Å². The van der Waals surface area contributed by atoms with Crippen LogP contribution in [0.15, 0.2) is 30.3 Å². The minimum absolute atomic E-state index is 0.421. The third kappa shape index (κ3) is 3.47. The van der Waals surface area contributed by atoms with Gasteiger partial charge in [0.1, 0.15) is 0 Å². The molecule has 1 rings (SSSR count). The lowest BCUT2D eigenvalue weighted by Gasteiger charge is -2.47. The minimum atomic E-state index is -1.12. The van der Waals surface area contributed by atoms with Crippen LogP contribution >= 0.6 is 0 Å². The first-order valence-corrected chi connectivity index (χ1v) is 6.42. The number of aliphatic hydroxyl groups is 1. The molecule has 0 radical (unpaired) electrons. The van der Waals surface area contributed by atoms with Crippen LogP contribution in [0.1, 0.15) is 33.3 Å². The number of benzene rings is 1. The molecule has 1 aromatic rings. The van der Waals surface area contributed by atoms with E-state index >= 15 is 0 Å². The molecule has 0 bridgehead atoms. The summed E-state index contributed by atoms with van der Waals surface area (Å²) in [5, 5.41) is 21.8. The average molecular weight is 265 g/mol. The van der Waals surface area contributed by atoms with Gasteiger partial charge in [-0.2, -0.15) is 0 Å². The van der Waals surface area contributed by atoms with E-state index < -0.39 is 23.2 Å². The Morgan fingerprint density at radius 3 is 2.16 bits per heavy atom. The lowest BCUT2D eigenvalue weighted by Crippen LogP contribution is -2.64. The highest BCUT2D eigenvalue weighted by Gasteiger charge is 2.47. The van der Waals surface area contributed by atoms with Crippen LogP contribution in [0.25, 0.3) is 0 Å². The number of rotatable bonds is 4. The second-order valence-electron chi connectivity index (χ2n) is 5.99. The molecule has 2 atom stereocenters. The van der Waals surface area contributed by atoms with Crippen molar-refractivity contribution in [2.75, 3.05) is 0 Å². The van der Waals surface area contributed by atoms with Gasteiger partial charge in [0.05, 0.1) is 11.6 Å². The zero-order chi connectivity index (χ0) is 14.7. The van der Waals surface area contributed by atoms with E-state index in [-0.39, 0.29) is 0 Å². The molecule has 1 unspecified atom stereocenters. The molecular weight excluding hydrogens is 242 g/mol. The Kier molecular flexibility index (Phi) is 4.58. The molecule has 0 saturated heterocycles. The summed E-state index contributed by atoms with van der Waals surface area (Å²) in [4.78, 5) is 11.1. The summed E-state index contributed by atoms with van der Waals surface area (Å²) in [6, 6.07) is 9.60. The maximum Gasteiger partial charge on any atom is 0.405 e. The first-order chi connectivity index (χ1) is 8.69. The largest absolute Gasteiger partial charge is 0.465 e. The number of nitrogens with one attached hydrogen (secondary N) is 1. The molecule has 0 heterocycles. The van der Waals surface area contributed by atoms with Crippen molar-refractivity contribution in [3.63, 3.8) is 0 Å². The van der Waals surface area contributed by atoms with E-state index in [9.17, 15) is 9.90 Å². The van der Waals surface area contributed by atoms with E-state index in [4.69, 9.17) is 5.11 Å². The summed E-state index contributed by atoms with van der Waals surface area (Å²) in [5.41, 5.74) is -0.359. The van der Waals surface area contributed by atoms with E-state index in [0.717, 1.165) is 5.56 Å². The fraction of sp³-hybridized carbons (Fsp3) is 0.533. The molecule has 3 N–H and O–H groups in total. The Balaban J connectivity index is 3.20. The molecule has 0 aromatic heterocycles. The van der Waals surface area contributed by atoms with Crippen molar-refractivity contribution in [2.45, 2.75) is 45.8 Å². The molecule has 0 spiro atoms. The minimum Gasteiger partial charge on any atom is -0.465 e. The third-order valence-electron chi connectivity index (χ3n) is 3.71. The number of hydrogen-bond donors (Lipinski definition) is 3. The fourth-order valence-electron chi connectivity index (χ4n) is 2.48. The summed E-state index contributed by atoms with van der Waals surface area (Å²) in [5.74, 6) is 0. The van der Waals surface area contributed by atoms with Crippen LogP contribution < -0.4 is 5.32 Å². The highest BCUT2D eigenvalue weighted by Crippen LogP contribution is 2.36. The maximum absolute atomic E-state index is 11.1. The van der Waals surface area contributed by atoms with Crippen LogP contribution in [0, 0.1) is 5.41 Å². The van der Waals surface area contributed by atoms with E-state index in [1.54, 1.807) is 6.92 Å². The van der Waals surface area contributed by atoms with Gasteiger partial charge in [-0.05, 0) is 24.3 Å². The summed E-state index contributed by atoms with van der Waals surface area (Å²) >= 11 is 0. The summed E-state index contributed by atoms with van der Waals surface area (Å²) in [6.45, 7) is 7.42. The highest BCUT2D eigenvalue weighted by molar-refractivity contribution is 5.66. The van der Waals surface area contributed by atoms with E-state index in [1.165, 1.54) is 0 Å². The molecule has 4 heteroatoms. The smallest absolute Gasteiger partial charge is 0.405 e. The van der Waals surface area contributed by atoms with Crippen molar-refractivity contribution in [3.05, 3.63) is 35.9 Å². The van der Waals surface area contributed by atoms with E-state index in [2.05, 4.69) is 5.32 Å². The van der Waals surface area contributed by atoms with Gasteiger partial charge >= 0.3 is 6.09 Å². The van der Waals surface area contributed by atoms with Crippen molar-refractivity contribution in [3.8, 4) is 0 Å². The molecule has 0 aliphatic carbocycles. The predicted molar refractivity (Wildman–Crippen MR) is 75.2 cm³/mol. The Labute approximate surface area is 114 Å². The number of hydrogen-bond acceptors (Lipinski definition) is 2. The first-order valence-electron chi connectivity index (χ1n) is 6.42. The Morgan fingerprint density at radius 2 is 1.79 bits per heavy atom. The SMILES string of the molecule is CC(O)[C@@](Cc1ccccc1)(NC(=O)O)C(C)(C)C. The number of carbonyl (C=O) groups is 1. The molecule has 4 nitrogen and oxygen atoms in total. The molecule has 0 aliphatic rings. The average Bonchev–Trinajstić information content (AvgIpc) is 2.27. The molecule has 106 valence electrons. The second-order valence-corrected chi connectivity index (χ2v) is 5.99. The standard InChI is InChI=1S/C15H23NO3/c1-11(17)15(14(2,3)4,16-13(18)19)10-12-8-6-5-7-9-12/h5-9,11,16-17H,10H2,1-4H3,(H,18,19)/t11?,15-/m1/s1. The molecule has 0 aliphatic heterocycles. The number of aliphatic hydroxyl groups excluding tert-OH is 1. The fourth-order valence-corrected chi connectivity index (χ4v) is 2.48. The summed E-state index contributed by atoms with van der Waals surface area (Å²) in [7, 11) is 0. The molecular formula is C15H23NO3. The van der Waals surface area contributed by atoms with Gasteiger partial charge in [0.25, 0.3) is 0 Å². The Morgan fingerprint density at radius 1 is 1.26 bits per heavy atom. The molecule has 0 saturated carbocycles. The van der Waals surface area contributed by atoms with Crippen LogP contribution in [-0.4, -0.2) is 27.9 Å². The van der Waals surface area contributed by atoms with Gasteiger partial charge in [0.15, 0.2) is 0 Å². The van der Waals surface area contributed by atoms with Crippen molar-refractivity contribution in [1.82, 2.24) is 5.32 Å². The van der Waals surface area contributed by atoms with Gasteiger partial charge in [0.2, 0.25) is 0 Å². The zero-order valence-electron chi connectivity index (χ0n) is 12.0. The van der Waals surface area contributed by atoms with Crippen LogP contribution in [0.3, 0.4) is 0 Å². The van der Waals surface area contributed by atoms with Crippen molar-refractivity contribution >= 4 is 6.09 Å². The van der Waals surface area contributed by atoms with Crippen molar-refractivity contribution in [2.24, 2.45) is 5.41 Å². The normalized spacial score (nSPS) is 16.5. The van der Waals surface area contributed by atoms with Gasteiger partial charge in [-0.3, -0.25) is 0 Å². The van der Waals surface area contributed by atoms with Crippen LogP contribution in [0.4, 0.5) is 4.79 Å². The highest BCUT2D eigenvalue weighted by atomic mass is 16.4. The van der Waals surface area contributed by atoms with E-state index in [1.807, 2.05) is 51.1 Å². The molecule has 1 amide bonds. The maximum atomic E-state index is 11.1. The lowest BCUT2D eigenvalue weighted by atomic mass is 9.67. The van der Waals surface area contributed by atoms with Gasteiger partial charge in [0, 0.05) is 0 Å². The molecule has 19 heavy (non-hydrogen) atoms. The van der Waals surface area contributed by atoms with Crippen LogP contribution in [0.5, 0.6) is 0 Å². The summed E-state index contributed by atoms with van der Waals surface area (Å²) in [6.07, 6.45) is -1.48. The van der Waals surface area contributed by atoms with Gasteiger partial charge in [-0.25, -0.2) is 4.79 Å². The van der Waals surface area contributed by atoms with Crippen LogP contribution in [0.2, 0.25) is 0 Å². The topological polar surface area (TPSA) is 69.6 Å². The van der Waals surface area contributed by atoms with Crippen LogP contribution in [-0.2, 0) is 6.42 Å². The third-order valence-corrected chi connectivity index (χ3v) is 3.71. The number of carboxylic acid groups (broad SMARTS) is 1. The lowest BCUT2D eigenvalue weighted by molar-refractivity contribution is 0.00118. The molecule has 0 fully saturated rings.